The van der Waals surface area contributed by atoms with Crippen molar-refractivity contribution in [1.29, 1.82) is 0 Å². The third-order valence-corrected chi connectivity index (χ3v) is 7.86. The van der Waals surface area contributed by atoms with Gasteiger partial charge in [-0.3, -0.25) is 14.9 Å². The number of benzene rings is 2. The number of methoxy groups -OCH3 is 1. The quantitative estimate of drug-likeness (QED) is 0.261. The highest BCUT2D eigenvalue weighted by atomic mass is 35.5. The number of aromatic nitrogens is 6. The van der Waals surface area contributed by atoms with E-state index in [9.17, 15) is 14.4 Å². The Morgan fingerprint density at radius 3 is 2.71 bits per heavy atom. The van der Waals surface area contributed by atoms with Crippen molar-refractivity contribution in [3.05, 3.63) is 77.0 Å². The SMILES string of the molecule is COC(=O)Nc1ccc2c(c1)CC(C(=O)N(C)C)CCCC[C@H](NC(=O)/C=C/c1cc(Cl)ccc1-n1cnnn1)c1ncc-2[nH]1. The zero-order valence-electron chi connectivity index (χ0n) is 25.2. The standard InChI is InChI=1S/C31H34ClN9O4/c1-40(2)30(43)20-6-4-5-7-25(36-28(42)13-8-19-15-22(32)9-12-27(19)41-18-34-38-39-41)29-33-17-26(37-29)24-11-10-23(16-21(24)14-20)35-31(44)45-3/h8-13,15-18,20,25H,4-7,14H2,1-3H3,(H,33,37)(H,35,44)(H,36,42)/b13-8+/t20?,25-/m0/s1. The van der Waals surface area contributed by atoms with Crippen molar-refractivity contribution in [2.45, 2.75) is 38.1 Å². The van der Waals surface area contributed by atoms with Crippen LogP contribution in [0.1, 0.15) is 48.7 Å². The molecule has 13 nitrogen and oxygen atoms in total. The highest BCUT2D eigenvalue weighted by Crippen LogP contribution is 2.32. The molecule has 1 aliphatic rings. The van der Waals surface area contributed by atoms with Crippen molar-refractivity contribution in [3.8, 4) is 16.9 Å². The van der Waals surface area contributed by atoms with Gasteiger partial charge in [-0.1, -0.05) is 30.5 Å². The van der Waals surface area contributed by atoms with Crippen LogP contribution in [0.5, 0.6) is 0 Å². The Bertz CT molecular complexity index is 1700. The van der Waals surface area contributed by atoms with E-state index in [2.05, 4.69) is 36.1 Å². The van der Waals surface area contributed by atoms with Gasteiger partial charge >= 0.3 is 6.09 Å². The molecule has 3 amide bonds. The Morgan fingerprint density at radius 1 is 1.13 bits per heavy atom. The number of carbonyl (C=O) groups is 3. The van der Waals surface area contributed by atoms with Crippen LogP contribution in [0.4, 0.5) is 10.5 Å². The van der Waals surface area contributed by atoms with Gasteiger partial charge in [0.1, 0.15) is 12.2 Å². The number of amides is 3. The summed E-state index contributed by atoms with van der Waals surface area (Å²) in [5.74, 6) is 0.0732. The lowest BCUT2D eigenvalue weighted by Crippen LogP contribution is -2.31. The second kappa shape index (κ2) is 14.2. The number of tetrazole rings is 1. The molecular formula is C31H34ClN9O4. The summed E-state index contributed by atoms with van der Waals surface area (Å²) in [6.45, 7) is 0. The molecule has 45 heavy (non-hydrogen) atoms. The maximum absolute atomic E-state index is 13.2. The summed E-state index contributed by atoms with van der Waals surface area (Å²) in [6.07, 6.45) is 9.01. The Balaban J connectivity index is 1.42. The van der Waals surface area contributed by atoms with Crippen LogP contribution in [0.15, 0.2) is 55.0 Å². The molecule has 3 heterocycles. The molecule has 0 spiro atoms. The van der Waals surface area contributed by atoms with Crippen molar-refractivity contribution in [2.75, 3.05) is 26.5 Å². The molecule has 2 aromatic carbocycles. The molecule has 14 heteroatoms. The first-order valence-electron chi connectivity index (χ1n) is 14.5. The number of carbonyl (C=O) groups excluding carboxylic acids is 3. The molecule has 2 aromatic heterocycles. The number of halogens is 1. The van der Waals surface area contributed by atoms with Crippen molar-refractivity contribution >= 4 is 41.3 Å². The number of H-pyrrole nitrogens is 1. The van der Waals surface area contributed by atoms with Crippen LogP contribution in [0.2, 0.25) is 5.02 Å². The molecule has 0 radical (unpaired) electrons. The third-order valence-electron chi connectivity index (χ3n) is 7.62. The van der Waals surface area contributed by atoms with Crippen molar-refractivity contribution in [3.63, 3.8) is 0 Å². The number of nitrogens with zero attached hydrogens (tertiary/aromatic N) is 6. The molecule has 0 saturated heterocycles. The number of nitrogens with one attached hydrogen (secondary N) is 3. The maximum Gasteiger partial charge on any atom is 0.411 e. The lowest BCUT2D eigenvalue weighted by atomic mass is 9.89. The number of anilines is 1. The molecular weight excluding hydrogens is 598 g/mol. The van der Waals surface area contributed by atoms with Crippen molar-refractivity contribution in [1.82, 2.24) is 40.4 Å². The predicted octanol–water partition coefficient (Wildman–Crippen LogP) is 4.58. The topological polar surface area (TPSA) is 160 Å². The number of fused-ring (bicyclic) bond motifs is 4. The fourth-order valence-corrected chi connectivity index (χ4v) is 5.59. The number of ether oxygens (including phenoxy) is 1. The summed E-state index contributed by atoms with van der Waals surface area (Å²) in [5.41, 5.74) is 4.36. The highest BCUT2D eigenvalue weighted by molar-refractivity contribution is 6.30. The Hall–Kier alpha value is -5.04. The first-order valence-corrected chi connectivity index (χ1v) is 14.9. The number of aromatic amines is 1. The number of rotatable bonds is 6. The van der Waals surface area contributed by atoms with Crippen LogP contribution in [0.3, 0.4) is 0 Å². The van der Waals surface area contributed by atoms with E-state index in [1.165, 1.54) is 24.2 Å². The van der Waals surface area contributed by atoms with E-state index in [4.69, 9.17) is 16.3 Å². The minimum absolute atomic E-state index is 0.0340. The van der Waals surface area contributed by atoms with E-state index in [1.807, 2.05) is 12.1 Å². The molecule has 5 rings (SSSR count). The van der Waals surface area contributed by atoms with Crippen LogP contribution < -0.4 is 10.6 Å². The number of imidazole rings is 1. The minimum Gasteiger partial charge on any atom is -0.453 e. The fraction of sp³-hybridized carbons (Fsp3) is 0.323. The molecule has 1 aliphatic heterocycles. The molecule has 2 atom stereocenters. The fourth-order valence-electron chi connectivity index (χ4n) is 5.41. The Morgan fingerprint density at radius 2 is 1.96 bits per heavy atom. The second-order valence-corrected chi connectivity index (χ2v) is 11.4. The predicted molar refractivity (Wildman–Crippen MR) is 168 cm³/mol. The molecule has 234 valence electrons. The van der Waals surface area contributed by atoms with Gasteiger partial charge in [-0.2, -0.15) is 4.68 Å². The van der Waals surface area contributed by atoms with Crippen LogP contribution in [0.25, 0.3) is 23.0 Å². The lowest BCUT2D eigenvalue weighted by molar-refractivity contribution is -0.133. The van der Waals surface area contributed by atoms with Crippen molar-refractivity contribution in [2.24, 2.45) is 5.92 Å². The summed E-state index contributed by atoms with van der Waals surface area (Å²) < 4.78 is 6.25. The van der Waals surface area contributed by atoms with Gasteiger partial charge in [-0.05, 0) is 71.7 Å². The zero-order chi connectivity index (χ0) is 31.9. The van der Waals surface area contributed by atoms with E-state index in [1.54, 1.807) is 55.5 Å². The monoisotopic (exact) mass is 631 g/mol. The Labute approximate surface area is 265 Å². The Kier molecular flexibility index (Phi) is 9.88. The maximum atomic E-state index is 13.2. The largest absolute Gasteiger partial charge is 0.453 e. The van der Waals surface area contributed by atoms with Gasteiger partial charge in [0.25, 0.3) is 0 Å². The van der Waals surface area contributed by atoms with E-state index in [0.717, 1.165) is 29.7 Å². The number of hydrogen-bond donors (Lipinski definition) is 3. The van der Waals surface area contributed by atoms with Gasteiger partial charge in [0, 0.05) is 47.9 Å². The van der Waals surface area contributed by atoms with Crippen LogP contribution >= 0.6 is 11.6 Å². The van der Waals surface area contributed by atoms with Gasteiger partial charge in [0.2, 0.25) is 11.8 Å². The minimum atomic E-state index is -0.581. The summed E-state index contributed by atoms with van der Waals surface area (Å²) in [4.78, 5) is 47.9. The zero-order valence-corrected chi connectivity index (χ0v) is 25.9. The molecule has 4 aromatic rings. The van der Waals surface area contributed by atoms with E-state index in [-0.39, 0.29) is 17.7 Å². The molecule has 2 bridgehead atoms. The van der Waals surface area contributed by atoms with E-state index < -0.39 is 12.1 Å². The summed E-state index contributed by atoms with van der Waals surface area (Å²) in [7, 11) is 4.81. The van der Waals surface area contributed by atoms with Crippen LogP contribution in [-0.2, 0) is 20.7 Å². The summed E-state index contributed by atoms with van der Waals surface area (Å²) >= 11 is 6.23. The average molecular weight is 632 g/mol. The molecule has 0 saturated carbocycles. The first-order chi connectivity index (χ1) is 21.7. The van der Waals surface area contributed by atoms with Crippen LogP contribution in [-0.4, -0.2) is 74.2 Å². The third kappa shape index (κ3) is 7.73. The lowest BCUT2D eigenvalue weighted by Gasteiger charge is -2.23. The van der Waals surface area contributed by atoms with Gasteiger partial charge in [0.05, 0.1) is 30.7 Å². The van der Waals surface area contributed by atoms with Gasteiger partial charge in [-0.25, -0.2) is 9.78 Å². The van der Waals surface area contributed by atoms with Gasteiger partial charge < -0.3 is 19.9 Å². The van der Waals surface area contributed by atoms with E-state index in [0.29, 0.717) is 47.0 Å². The summed E-state index contributed by atoms with van der Waals surface area (Å²) in [5, 5.41) is 17.6. The highest BCUT2D eigenvalue weighted by Gasteiger charge is 2.25. The molecule has 3 N–H and O–H groups in total. The normalized spacial score (nSPS) is 16.6. The second-order valence-electron chi connectivity index (χ2n) is 10.9. The first kappa shape index (κ1) is 31.4. The molecule has 1 unspecified atom stereocenters. The molecule has 0 aliphatic carbocycles. The van der Waals surface area contributed by atoms with Gasteiger partial charge in [-0.15, -0.1) is 5.10 Å². The van der Waals surface area contributed by atoms with Gasteiger partial charge in [0.15, 0.2) is 0 Å². The van der Waals surface area contributed by atoms with Crippen LogP contribution in [0, 0.1) is 5.92 Å². The summed E-state index contributed by atoms with van der Waals surface area (Å²) in [6, 6.07) is 10.3. The average Bonchev–Trinajstić information content (AvgIpc) is 3.73. The smallest absolute Gasteiger partial charge is 0.411 e. The molecule has 0 fully saturated rings. The van der Waals surface area contributed by atoms with E-state index >= 15 is 0 Å². The van der Waals surface area contributed by atoms with Crippen molar-refractivity contribution < 1.29 is 19.1 Å². The number of hydrogen-bond acceptors (Lipinski definition) is 8.